The summed E-state index contributed by atoms with van der Waals surface area (Å²) in [4.78, 5) is 0. The molecule has 0 aliphatic rings. The van der Waals surface area contributed by atoms with Gasteiger partial charge in [-0.05, 0) is 20.8 Å². The Bertz CT molecular complexity index is 88.1. The van der Waals surface area contributed by atoms with Gasteiger partial charge in [0, 0.05) is 19.1 Å². The van der Waals surface area contributed by atoms with Gasteiger partial charge < -0.3 is 16.2 Å². The van der Waals surface area contributed by atoms with E-state index in [4.69, 9.17) is 5.73 Å². The third-order valence-electron chi connectivity index (χ3n) is 1.65. The van der Waals surface area contributed by atoms with Crippen LogP contribution in [0.3, 0.4) is 0 Å². The minimum atomic E-state index is -0.658. The van der Waals surface area contributed by atoms with Crippen LogP contribution in [0.25, 0.3) is 0 Å². The van der Waals surface area contributed by atoms with Crippen LogP contribution >= 0.6 is 0 Å². The van der Waals surface area contributed by atoms with Crippen molar-refractivity contribution in [2.24, 2.45) is 5.73 Å². The van der Waals surface area contributed by atoms with Gasteiger partial charge in [0.25, 0.3) is 0 Å². The summed E-state index contributed by atoms with van der Waals surface area (Å²) in [5.41, 5.74) is 4.62. The van der Waals surface area contributed by atoms with Gasteiger partial charge in [0.1, 0.15) is 0 Å². The number of nitrogens with two attached hydrogens (primary N) is 1. The van der Waals surface area contributed by atoms with E-state index in [-0.39, 0.29) is 6.04 Å². The fraction of sp³-hybridized carbons (Fsp3) is 1.00. The molecule has 0 spiro atoms. The maximum Gasteiger partial charge on any atom is 0.0741 e. The zero-order valence-corrected chi connectivity index (χ0v) is 7.02. The standard InChI is InChI=1S/C7H18N2O/c1-6(7(2,3)10)9-5-4-8/h6,9-10H,4-5,8H2,1-3H3. The van der Waals surface area contributed by atoms with Gasteiger partial charge in [0.05, 0.1) is 5.60 Å². The van der Waals surface area contributed by atoms with Crippen molar-refractivity contribution in [2.45, 2.75) is 32.4 Å². The SMILES string of the molecule is CC(NCCN)C(C)(C)O. The van der Waals surface area contributed by atoms with Gasteiger partial charge in [-0.3, -0.25) is 0 Å². The topological polar surface area (TPSA) is 58.3 Å². The van der Waals surface area contributed by atoms with E-state index in [9.17, 15) is 5.11 Å². The van der Waals surface area contributed by atoms with Crippen LogP contribution in [0.1, 0.15) is 20.8 Å². The number of aliphatic hydroxyl groups is 1. The molecule has 0 aliphatic heterocycles. The van der Waals surface area contributed by atoms with Crippen LogP contribution in [-0.4, -0.2) is 29.8 Å². The van der Waals surface area contributed by atoms with Crippen molar-refractivity contribution in [1.29, 1.82) is 0 Å². The van der Waals surface area contributed by atoms with Gasteiger partial charge in [-0.25, -0.2) is 0 Å². The summed E-state index contributed by atoms with van der Waals surface area (Å²) >= 11 is 0. The summed E-state index contributed by atoms with van der Waals surface area (Å²) in [6.45, 7) is 6.86. The van der Waals surface area contributed by atoms with Crippen molar-refractivity contribution < 1.29 is 5.11 Å². The highest BCUT2D eigenvalue weighted by molar-refractivity contribution is 4.79. The summed E-state index contributed by atoms with van der Waals surface area (Å²) in [7, 11) is 0. The largest absolute Gasteiger partial charge is 0.389 e. The Morgan fingerprint density at radius 1 is 1.60 bits per heavy atom. The van der Waals surface area contributed by atoms with Gasteiger partial charge in [-0.2, -0.15) is 0 Å². The lowest BCUT2D eigenvalue weighted by atomic mass is 10.0. The molecule has 3 nitrogen and oxygen atoms in total. The van der Waals surface area contributed by atoms with Gasteiger partial charge in [0.15, 0.2) is 0 Å². The van der Waals surface area contributed by atoms with E-state index in [0.717, 1.165) is 6.54 Å². The molecule has 0 bridgehead atoms. The molecule has 0 radical (unpaired) electrons. The maximum atomic E-state index is 9.41. The summed E-state index contributed by atoms with van der Waals surface area (Å²) in [6.07, 6.45) is 0. The van der Waals surface area contributed by atoms with Gasteiger partial charge in [0.2, 0.25) is 0 Å². The molecule has 0 aliphatic carbocycles. The van der Waals surface area contributed by atoms with Crippen molar-refractivity contribution in [1.82, 2.24) is 5.32 Å². The van der Waals surface area contributed by atoms with Crippen LogP contribution in [0.2, 0.25) is 0 Å². The van der Waals surface area contributed by atoms with Crippen molar-refractivity contribution >= 4 is 0 Å². The quantitative estimate of drug-likeness (QED) is 0.510. The molecule has 1 atom stereocenters. The molecule has 62 valence electrons. The number of hydrogen-bond donors (Lipinski definition) is 3. The van der Waals surface area contributed by atoms with E-state index in [1.54, 1.807) is 13.8 Å². The summed E-state index contributed by atoms with van der Waals surface area (Å²) in [6, 6.07) is 0.0936. The summed E-state index contributed by atoms with van der Waals surface area (Å²) < 4.78 is 0. The third-order valence-corrected chi connectivity index (χ3v) is 1.65. The molecule has 0 aromatic heterocycles. The van der Waals surface area contributed by atoms with Crippen molar-refractivity contribution in [2.75, 3.05) is 13.1 Å². The minimum absolute atomic E-state index is 0.0936. The van der Waals surface area contributed by atoms with Crippen LogP contribution in [0, 0.1) is 0 Å². The number of nitrogens with one attached hydrogen (secondary N) is 1. The first kappa shape index (κ1) is 9.88. The molecule has 10 heavy (non-hydrogen) atoms. The highest BCUT2D eigenvalue weighted by Gasteiger charge is 2.20. The van der Waals surface area contributed by atoms with E-state index < -0.39 is 5.60 Å². The van der Waals surface area contributed by atoms with Crippen LogP contribution in [0.15, 0.2) is 0 Å². The molecule has 0 heterocycles. The fourth-order valence-corrected chi connectivity index (χ4v) is 0.550. The third kappa shape index (κ3) is 3.82. The molecule has 0 aromatic rings. The molecule has 0 rings (SSSR count). The Morgan fingerprint density at radius 3 is 2.40 bits per heavy atom. The number of rotatable bonds is 4. The Hall–Kier alpha value is -0.120. The highest BCUT2D eigenvalue weighted by Crippen LogP contribution is 2.06. The van der Waals surface area contributed by atoms with Crippen molar-refractivity contribution in [3.8, 4) is 0 Å². The Balaban J connectivity index is 3.52. The van der Waals surface area contributed by atoms with Crippen molar-refractivity contribution in [3.63, 3.8) is 0 Å². The normalized spacial score (nSPS) is 15.3. The average Bonchev–Trinajstić information content (AvgIpc) is 1.80. The second-order valence-corrected chi connectivity index (χ2v) is 3.12. The van der Waals surface area contributed by atoms with Crippen LogP contribution < -0.4 is 11.1 Å². The Morgan fingerprint density at radius 2 is 2.10 bits per heavy atom. The molecular weight excluding hydrogens is 128 g/mol. The molecule has 0 amide bonds. The predicted octanol–water partition coefficient (Wildman–Crippen LogP) is -0.306. The van der Waals surface area contributed by atoms with Crippen LogP contribution in [0.5, 0.6) is 0 Å². The van der Waals surface area contributed by atoms with Gasteiger partial charge in [-0.1, -0.05) is 0 Å². The van der Waals surface area contributed by atoms with E-state index in [0.29, 0.717) is 6.54 Å². The average molecular weight is 146 g/mol. The monoisotopic (exact) mass is 146 g/mol. The molecule has 0 aromatic carbocycles. The molecule has 0 saturated carbocycles. The van der Waals surface area contributed by atoms with Crippen molar-refractivity contribution in [3.05, 3.63) is 0 Å². The summed E-state index contributed by atoms with van der Waals surface area (Å²) in [5, 5.41) is 12.5. The first-order chi connectivity index (χ1) is 4.48. The second kappa shape index (κ2) is 3.91. The lowest BCUT2D eigenvalue weighted by Gasteiger charge is -2.26. The highest BCUT2D eigenvalue weighted by atomic mass is 16.3. The zero-order valence-electron chi connectivity index (χ0n) is 7.02. The Kier molecular flexibility index (Phi) is 3.86. The van der Waals surface area contributed by atoms with E-state index >= 15 is 0 Å². The molecular formula is C7H18N2O. The maximum absolute atomic E-state index is 9.41. The predicted molar refractivity (Wildman–Crippen MR) is 42.8 cm³/mol. The van der Waals surface area contributed by atoms with Gasteiger partial charge >= 0.3 is 0 Å². The number of hydrogen-bond acceptors (Lipinski definition) is 3. The Labute approximate surface area is 62.6 Å². The minimum Gasteiger partial charge on any atom is -0.389 e. The lowest BCUT2D eigenvalue weighted by molar-refractivity contribution is 0.0448. The molecule has 0 fully saturated rings. The smallest absolute Gasteiger partial charge is 0.0741 e. The van der Waals surface area contributed by atoms with E-state index in [1.807, 2.05) is 6.92 Å². The van der Waals surface area contributed by atoms with Gasteiger partial charge in [-0.15, -0.1) is 0 Å². The molecule has 0 saturated heterocycles. The molecule has 4 N–H and O–H groups in total. The lowest BCUT2D eigenvalue weighted by Crippen LogP contribution is -2.46. The first-order valence-electron chi connectivity index (χ1n) is 3.64. The molecule has 1 unspecified atom stereocenters. The molecule has 3 heteroatoms. The van der Waals surface area contributed by atoms with Crippen LogP contribution in [0.4, 0.5) is 0 Å². The summed E-state index contributed by atoms with van der Waals surface area (Å²) in [5.74, 6) is 0. The first-order valence-corrected chi connectivity index (χ1v) is 3.64. The van der Waals surface area contributed by atoms with Crippen LogP contribution in [-0.2, 0) is 0 Å². The zero-order chi connectivity index (χ0) is 8.20. The second-order valence-electron chi connectivity index (χ2n) is 3.12. The van der Waals surface area contributed by atoms with E-state index in [1.165, 1.54) is 0 Å². The van der Waals surface area contributed by atoms with E-state index in [2.05, 4.69) is 5.32 Å². The fourth-order valence-electron chi connectivity index (χ4n) is 0.550.